The van der Waals surface area contributed by atoms with Crippen LogP contribution in [0.15, 0.2) is 59.7 Å². The van der Waals surface area contributed by atoms with Crippen LogP contribution < -0.4 is 10.2 Å². The number of nitrogens with zero attached hydrogens (tertiary/aromatic N) is 2. The third-order valence-electron chi connectivity index (χ3n) is 4.22. The molecule has 142 valence electrons. The van der Waals surface area contributed by atoms with E-state index in [-0.39, 0.29) is 17.3 Å². The van der Waals surface area contributed by atoms with Crippen LogP contribution >= 0.6 is 0 Å². The van der Waals surface area contributed by atoms with Crippen molar-refractivity contribution >= 4 is 28.6 Å². The molecule has 1 amide bonds. The molecule has 3 aromatic rings. The topological polar surface area (TPSA) is 93.8 Å². The van der Waals surface area contributed by atoms with Gasteiger partial charge in [-0.05, 0) is 42.3 Å². The smallest absolute Gasteiger partial charge is 0.311 e. The molecule has 7 heteroatoms. The van der Waals surface area contributed by atoms with Crippen molar-refractivity contribution in [3.63, 3.8) is 0 Å². The molecule has 0 spiro atoms. The second-order valence-corrected chi connectivity index (χ2v) is 6.10. The van der Waals surface area contributed by atoms with E-state index in [1.54, 1.807) is 13.0 Å². The molecule has 0 heterocycles. The molecule has 7 nitrogen and oxygen atoms in total. The number of rotatable bonds is 6. The number of hydrogen-bond donors (Lipinski definition) is 1. The lowest BCUT2D eigenvalue weighted by Gasteiger charge is -2.08. The van der Waals surface area contributed by atoms with Crippen LogP contribution in [0, 0.1) is 17.0 Å². The van der Waals surface area contributed by atoms with Crippen molar-refractivity contribution in [2.45, 2.75) is 13.8 Å². The number of amides is 1. The van der Waals surface area contributed by atoms with Crippen molar-refractivity contribution in [1.82, 2.24) is 5.43 Å². The van der Waals surface area contributed by atoms with E-state index in [0.29, 0.717) is 17.7 Å². The first kappa shape index (κ1) is 19.0. The number of ether oxygens (including phenoxy) is 1. The summed E-state index contributed by atoms with van der Waals surface area (Å²) >= 11 is 0. The molecule has 28 heavy (non-hydrogen) atoms. The highest BCUT2D eigenvalue weighted by molar-refractivity contribution is 6.08. The predicted octanol–water partition coefficient (Wildman–Crippen LogP) is 4.22. The van der Waals surface area contributed by atoms with E-state index in [0.717, 1.165) is 16.3 Å². The fraction of sp³-hybridized carbons (Fsp3) is 0.143. The summed E-state index contributed by atoms with van der Waals surface area (Å²) in [4.78, 5) is 23.3. The quantitative estimate of drug-likeness (QED) is 0.395. The number of hydrazone groups is 1. The van der Waals surface area contributed by atoms with E-state index >= 15 is 0 Å². The fourth-order valence-electron chi connectivity index (χ4n) is 2.94. The first-order valence-corrected chi connectivity index (χ1v) is 8.74. The monoisotopic (exact) mass is 377 g/mol. The summed E-state index contributed by atoms with van der Waals surface area (Å²) in [7, 11) is 0. The highest BCUT2D eigenvalue weighted by Crippen LogP contribution is 2.27. The van der Waals surface area contributed by atoms with Crippen LogP contribution in [-0.4, -0.2) is 23.7 Å². The summed E-state index contributed by atoms with van der Waals surface area (Å²) in [5.41, 5.74) is 4.21. The summed E-state index contributed by atoms with van der Waals surface area (Å²) in [6.45, 7) is 3.94. The van der Waals surface area contributed by atoms with Crippen LogP contribution in [-0.2, 0) is 0 Å². The molecule has 3 aromatic carbocycles. The highest BCUT2D eigenvalue weighted by atomic mass is 16.6. The second kappa shape index (κ2) is 8.30. The van der Waals surface area contributed by atoms with Crippen LogP contribution in [0.25, 0.3) is 10.8 Å². The summed E-state index contributed by atoms with van der Waals surface area (Å²) < 4.78 is 5.25. The molecule has 0 unspecified atom stereocenters. The maximum Gasteiger partial charge on any atom is 0.311 e. The van der Waals surface area contributed by atoms with Gasteiger partial charge in [0.15, 0.2) is 5.75 Å². The number of nitro benzene ring substituents is 1. The van der Waals surface area contributed by atoms with Crippen LogP contribution in [0.4, 0.5) is 5.69 Å². The average molecular weight is 377 g/mol. The molecule has 0 aliphatic heterocycles. The Hall–Kier alpha value is -3.74. The number of hydrogen-bond acceptors (Lipinski definition) is 5. The van der Waals surface area contributed by atoms with Crippen molar-refractivity contribution in [2.24, 2.45) is 5.10 Å². The van der Waals surface area contributed by atoms with Crippen LogP contribution in [0.2, 0.25) is 0 Å². The fourth-order valence-corrected chi connectivity index (χ4v) is 2.94. The largest absolute Gasteiger partial charge is 0.487 e. The molecule has 0 saturated heterocycles. The summed E-state index contributed by atoms with van der Waals surface area (Å²) in [5.74, 6) is -0.147. The van der Waals surface area contributed by atoms with Crippen LogP contribution in [0.1, 0.15) is 28.4 Å². The van der Waals surface area contributed by atoms with Crippen molar-refractivity contribution in [3.05, 3.63) is 81.4 Å². The van der Waals surface area contributed by atoms with Gasteiger partial charge in [-0.1, -0.05) is 36.4 Å². The summed E-state index contributed by atoms with van der Waals surface area (Å²) in [6, 6.07) is 16.0. The lowest BCUT2D eigenvalue weighted by Crippen LogP contribution is -2.19. The zero-order valence-electron chi connectivity index (χ0n) is 15.5. The Bertz CT molecular complexity index is 1080. The van der Waals surface area contributed by atoms with Gasteiger partial charge in [0.2, 0.25) is 0 Å². The van der Waals surface area contributed by atoms with Gasteiger partial charge in [-0.2, -0.15) is 5.10 Å². The summed E-state index contributed by atoms with van der Waals surface area (Å²) in [5, 5.41) is 16.9. The Morgan fingerprint density at radius 2 is 2.00 bits per heavy atom. The lowest BCUT2D eigenvalue weighted by molar-refractivity contribution is -0.385. The van der Waals surface area contributed by atoms with E-state index in [9.17, 15) is 14.9 Å². The zero-order chi connectivity index (χ0) is 20.1. The van der Waals surface area contributed by atoms with Gasteiger partial charge in [-0.15, -0.1) is 0 Å². The molecule has 1 N–H and O–H groups in total. The normalized spacial score (nSPS) is 10.9. The van der Waals surface area contributed by atoms with Crippen molar-refractivity contribution < 1.29 is 14.5 Å². The molecule has 0 saturated carbocycles. The SMILES string of the molecule is CCOc1ccc(/C=N\NC(=O)c2c(C)ccc3ccccc23)cc1[N+](=O)[O-]. The van der Waals surface area contributed by atoms with Crippen LogP contribution in [0.3, 0.4) is 0 Å². The van der Waals surface area contributed by atoms with E-state index in [2.05, 4.69) is 10.5 Å². The van der Waals surface area contributed by atoms with Gasteiger partial charge in [0, 0.05) is 11.6 Å². The maximum atomic E-state index is 12.6. The molecule has 3 rings (SSSR count). The Morgan fingerprint density at radius 3 is 2.75 bits per heavy atom. The number of aryl methyl sites for hydroxylation is 1. The minimum Gasteiger partial charge on any atom is -0.487 e. The van der Waals surface area contributed by atoms with Crippen LogP contribution in [0.5, 0.6) is 5.75 Å². The Balaban J connectivity index is 1.82. The van der Waals surface area contributed by atoms with Gasteiger partial charge in [0.25, 0.3) is 5.91 Å². The van der Waals surface area contributed by atoms with Gasteiger partial charge < -0.3 is 4.74 Å². The molecule has 0 aliphatic rings. The van der Waals surface area contributed by atoms with E-state index < -0.39 is 4.92 Å². The van der Waals surface area contributed by atoms with Crippen molar-refractivity contribution in [3.8, 4) is 5.75 Å². The standard InChI is InChI=1S/C21H19N3O4/c1-3-28-19-11-9-15(12-18(19)24(26)27)13-22-23-21(25)20-14(2)8-10-16-6-4-5-7-17(16)20/h4-13H,3H2,1-2H3,(H,23,25)/b22-13-. The maximum absolute atomic E-state index is 12.6. The first-order chi connectivity index (χ1) is 13.5. The molecular weight excluding hydrogens is 358 g/mol. The number of nitro groups is 1. The molecule has 0 aromatic heterocycles. The minimum atomic E-state index is -0.514. The summed E-state index contributed by atoms with van der Waals surface area (Å²) in [6.07, 6.45) is 1.36. The highest BCUT2D eigenvalue weighted by Gasteiger charge is 2.15. The third kappa shape index (κ3) is 3.98. The van der Waals surface area contributed by atoms with Gasteiger partial charge in [-0.25, -0.2) is 5.43 Å². The van der Waals surface area contributed by atoms with Crippen molar-refractivity contribution in [2.75, 3.05) is 6.61 Å². The van der Waals surface area contributed by atoms with Crippen molar-refractivity contribution in [1.29, 1.82) is 0 Å². The number of benzene rings is 3. The molecule has 0 aliphatic carbocycles. The number of fused-ring (bicyclic) bond motifs is 1. The Labute approximate surface area is 161 Å². The second-order valence-electron chi connectivity index (χ2n) is 6.10. The lowest BCUT2D eigenvalue weighted by atomic mass is 9.99. The van der Waals surface area contributed by atoms with Gasteiger partial charge in [-0.3, -0.25) is 14.9 Å². The minimum absolute atomic E-state index is 0.151. The van der Waals surface area contributed by atoms with Gasteiger partial charge in [0.05, 0.1) is 23.3 Å². The first-order valence-electron chi connectivity index (χ1n) is 8.74. The predicted molar refractivity (Wildman–Crippen MR) is 108 cm³/mol. The van der Waals surface area contributed by atoms with E-state index in [1.165, 1.54) is 18.3 Å². The molecule has 0 bridgehead atoms. The third-order valence-corrected chi connectivity index (χ3v) is 4.22. The molecule has 0 radical (unpaired) electrons. The van der Waals surface area contributed by atoms with Gasteiger partial charge in [0.1, 0.15) is 0 Å². The van der Waals surface area contributed by atoms with E-state index in [4.69, 9.17) is 4.74 Å². The number of carbonyl (C=O) groups is 1. The molecular formula is C21H19N3O4. The molecule has 0 fully saturated rings. The Morgan fingerprint density at radius 1 is 1.21 bits per heavy atom. The number of nitrogens with one attached hydrogen (secondary N) is 1. The average Bonchev–Trinajstić information content (AvgIpc) is 2.68. The zero-order valence-corrected chi connectivity index (χ0v) is 15.5. The van der Waals surface area contributed by atoms with Gasteiger partial charge >= 0.3 is 5.69 Å². The van der Waals surface area contributed by atoms with E-state index in [1.807, 2.05) is 43.3 Å². The molecule has 0 atom stereocenters. The number of carbonyl (C=O) groups excluding carboxylic acids is 1. The Kier molecular flexibility index (Phi) is 5.64.